The van der Waals surface area contributed by atoms with E-state index in [0.29, 0.717) is 6.07 Å². The van der Waals surface area contributed by atoms with Crippen LogP contribution in [0.15, 0.2) is 6.07 Å². The molecule has 224 valence electrons. The van der Waals surface area contributed by atoms with Crippen LogP contribution in [0.5, 0.6) is 11.9 Å². The van der Waals surface area contributed by atoms with E-state index in [2.05, 4.69) is 20.3 Å². The Morgan fingerprint density at radius 1 is 1.12 bits per heavy atom. The number of fused-ring (bicyclic) bond motifs is 1. The van der Waals surface area contributed by atoms with E-state index >= 15 is 4.39 Å². The maximum absolute atomic E-state index is 16.2. The average Bonchev–Trinajstić information content (AvgIpc) is 3.80. The smallest absolute Gasteiger partial charge is 0.417 e. The standard InChI is InChI=1S/C26H23F7N6O3/c1-8-13(26(31,32)33)10(3-11(34)14(8)27)16-15(28)17-12(20(36-16)42-9(2)18-23-5-24(18,23)39-23)19(35)38-21(37-17)41-7-22(6-40)4-25(22,29)30/h3,9,18,39-40H,4-7,34H2,1-2H3,(H2,35,37,38). The lowest BCUT2D eigenvalue weighted by Crippen LogP contribution is -2.42. The zero-order chi connectivity index (χ0) is 30.4. The molecule has 0 spiro atoms. The molecule has 1 saturated heterocycles. The molecule has 4 atom stereocenters. The highest BCUT2D eigenvalue weighted by Gasteiger charge is 3.07. The molecule has 6 N–H and O–H groups in total. The van der Waals surface area contributed by atoms with Crippen molar-refractivity contribution in [1.82, 2.24) is 20.3 Å². The molecule has 0 bridgehead atoms. The van der Waals surface area contributed by atoms with Crippen LogP contribution in [-0.2, 0) is 6.18 Å². The van der Waals surface area contributed by atoms with Gasteiger partial charge in [0.25, 0.3) is 5.92 Å². The van der Waals surface area contributed by atoms with Gasteiger partial charge >= 0.3 is 12.2 Å². The van der Waals surface area contributed by atoms with Gasteiger partial charge in [-0.15, -0.1) is 0 Å². The molecule has 4 fully saturated rings. The van der Waals surface area contributed by atoms with Crippen LogP contribution in [0.2, 0.25) is 0 Å². The van der Waals surface area contributed by atoms with E-state index in [1.165, 1.54) is 0 Å². The number of hydrogen-bond donors (Lipinski definition) is 4. The SMILES string of the molecule is Cc1c(F)c(N)cc(-c2nc(OC(C)C3C45CC34N5)c3c(N)nc(OCC4(CO)CC4(F)F)nc3c2F)c1C(F)(F)F. The second-order valence-corrected chi connectivity index (χ2v) is 11.7. The summed E-state index contributed by atoms with van der Waals surface area (Å²) in [6.45, 7) is 0.917. The van der Waals surface area contributed by atoms with Gasteiger partial charge in [-0.05, 0) is 31.9 Å². The number of nitrogens with zero attached hydrogens (tertiary/aromatic N) is 3. The van der Waals surface area contributed by atoms with E-state index in [-0.39, 0.29) is 28.3 Å². The number of aliphatic hydroxyl groups excluding tert-OH is 1. The minimum Gasteiger partial charge on any atom is -0.474 e. The van der Waals surface area contributed by atoms with E-state index in [4.69, 9.17) is 20.9 Å². The quantitative estimate of drug-likeness (QED) is 0.172. The topological polar surface area (TPSA) is 151 Å². The number of nitrogens with one attached hydrogen (secondary N) is 1. The number of anilines is 2. The highest BCUT2D eigenvalue weighted by atomic mass is 19.4. The summed E-state index contributed by atoms with van der Waals surface area (Å²) < 4.78 is 112. The summed E-state index contributed by atoms with van der Waals surface area (Å²) in [5, 5.41) is 12.4. The number of rotatable bonds is 8. The summed E-state index contributed by atoms with van der Waals surface area (Å²) in [5.41, 5.74) is 4.25. The summed E-state index contributed by atoms with van der Waals surface area (Å²) in [4.78, 5) is 11.9. The first-order valence-corrected chi connectivity index (χ1v) is 12.9. The fourth-order valence-electron chi connectivity index (χ4n) is 6.39. The molecule has 7 rings (SSSR count). The van der Waals surface area contributed by atoms with E-state index in [0.717, 1.165) is 13.3 Å². The number of aliphatic hydroxyl groups is 1. The number of pyridine rings is 1. The predicted octanol–water partition coefficient (Wildman–Crippen LogP) is 3.74. The van der Waals surface area contributed by atoms with Crippen molar-refractivity contribution in [2.45, 2.75) is 56.0 Å². The summed E-state index contributed by atoms with van der Waals surface area (Å²) in [6.07, 6.45) is -5.36. The van der Waals surface area contributed by atoms with Crippen LogP contribution < -0.4 is 26.3 Å². The first-order valence-electron chi connectivity index (χ1n) is 12.9. The minimum atomic E-state index is -5.14. The Balaban J connectivity index is 1.37. The lowest BCUT2D eigenvalue weighted by atomic mass is 9.96. The first-order chi connectivity index (χ1) is 19.5. The van der Waals surface area contributed by atoms with Gasteiger partial charge in [0.05, 0.1) is 23.3 Å². The fourth-order valence-corrected chi connectivity index (χ4v) is 6.39. The van der Waals surface area contributed by atoms with Crippen molar-refractivity contribution in [3.05, 3.63) is 28.8 Å². The van der Waals surface area contributed by atoms with Gasteiger partial charge in [0.2, 0.25) is 5.88 Å². The predicted molar refractivity (Wildman–Crippen MR) is 133 cm³/mol. The van der Waals surface area contributed by atoms with Gasteiger partial charge in [0, 0.05) is 29.0 Å². The number of ether oxygens (including phenoxy) is 2. The van der Waals surface area contributed by atoms with Crippen molar-refractivity contribution >= 4 is 22.4 Å². The van der Waals surface area contributed by atoms with Crippen LogP contribution in [0.3, 0.4) is 0 Å². The summed E-state index contributed by atoms with van der Waals surface area (Å²) in [7, 11) is 0. The number of nitrogen functional groups attached to an aromatic ring is 2. The van der Waals surface area contributed by atoms with Crippen LogP contribution in [-0.4, -0.2) is 56.4 Å². The van der Waals surface area contributed by atoms with Crippen LogP contribution in [0.25, 0.3) is 22.2 Å². The third kappa shape index (κ3) is 3.41. The second-order valence-electron chi connectivity index (χ2n) is 11.7. The van der Waals surface area contributed by atoms with Crippen LogP contribution in [0.4, 0.5) is 42.2 Å². The molecule has 16 heteroatoms. The Morgan fingerprint density at radius 2 is 1.76 bits per heavy atom. The highest BCUT2D eigenvalue weighted by molar-refractivity contribution is 5.96. The Bertz CT molecular complexity index is 1700. The molecule has 4 unspecified atom stereocenters. The zero-order valence-electron chi connectivity index (χ0n) is 22.0. The average molecular weight is 600 g/mol. The van der Waals surface area contributed by atoms with Gasteiger partial charge in [-0.2, -0.15) is 23.1 Å². The van der Waals surface area contributed by atoms with Gasteiger partial charge < -0.3 is 31.4 Å². The second kappa shape index (κ2) is 7.83. The molecule has 3 heterocycles. The Kier molecular flexibility index (Phi) is 5.07. The molecule has 42 heavy (non-hydrogen) atoms. The van der Waals surface area contributed by atoms with Crippen molar-refractivity contribution in [1.29, 1.82) is 0 Å². The molecular formula is C26H23F7N6O3. The molecule has 9 nitrogen and oxygen atoms in total. The summed E-state index contributed by atoms with van der Waals surface area (Å²) in [6, 6.07) is -0.0479. The third-order valence-corrected chi connectivity index (χ3v) is 9.17. The molecule has 3 saturated carbocycles. The number of benzene rings is 1. The number of alkyl halides is 5. The zero-order valence-corrected chi connectivity index (χ0v) is 22.0. The molecule has 2 aromatic heterocycles. The van der Waals surface area contributed by atoms with Crippen LogP contribution in [0.1, 0.15) is 30.9 Å². The molecular weight excluding hydrogens is 577 g/mol. The summed E-state index contributed by atoms with van der Waals surface area (Å²) in [5.74, 6) is -6.69. The van der Waals surface area contributed by atoms with E-state index < -0.39 is 100 Å². The normalized spacial score (nSPS) is 30.4. The number of hydrogen-bond acceptors (Lipinski definition) is 9. The number of halogens is 7. The van der Waals surface area contributed by atoms with Crippen molar-refractivity contribution in [3.63, 3.8) is 0 Å². The summed E-state index contributed by atoms with van der Waals surface area (Å²) >= 11 is 0. The maximum atomic E-state index is 16.2. The molecule has 0 radical (unpaired) electrons. The highest BCUT2D eigenvalue weighted by Crippen LogP contribution is 2.89. The van der Waals surface area contributed by atoms with Gasteiger partial charge in [-0.1, -0.05) is 0 Å². The Morgan fingerprint density at radius 3 is 2.29 bits per heavy atom. The molecule has 1 aromatic carbocycles. The lowest BCUT2D eigenvalue weighted by molar-refractivity contribution is -0.137. The van der Waals surface area contributed by atoms with Gasteiger partial charge in [0.1, 0.15) is 40.9 Å². The number of nitrogens with two attached hydrogens (primary N) is 2. The first kappa shape index (κ1) is 27.2. The molecule has 3 aromatic rings. The van der Waals surface area contributed by atoms with Crippen LogP contribution >= 0.6 is 0 Å². The van der Waals surface area contributed by atoms with Crippen LogP contribution in [0, 0.1) is 29.9 Å². The monoisotopic (exact) mass is 600 g/mol. The Labute approximate surface area is 232 Å². The maximum Gasteiger partial charge on any atom is 0.417 e. The lowest BCUT2D eigenvalue weighted by Gasteiger charge is -2.28. The molecule has 3 aliphatic carbocycles. The largest absolute Gasteiger partial charge is 0.474 e. The van der Waals surface area contributed by atoms with Crippen molar-refractivity contribution in [3.8, 4) is 23.1 Å². The fraction of sp³-hybridized carbons (Fsp3) is 0.500. The Hall–Kier alpha value is -3.66. The van der Waals surface area contributed by atoms with E-state index in [1.807, 2.05) is 0 Å². The van der Waals surface area contributed by atoms with Crippen molar-refractivity contribution in [2.24, 2.45) is 11.3 Å². The third-order valence-electron chi connectivity index (χ3n) is 9.17. The molecule has 4 aliphatic rings. The van der Waals surface area contributed by atoms with Gasteiger partial charge in [-0.25, -0.2) is 22.5 Å². The van der Waals surface area contributed by atoms with Crippen molar-refractivity contribution in [2.75, 3.05) is 24.7 Å². The van der Waals surface area contributed by atoms with Gasteiger partial charge in [-0.3, -0.25) is 0 Å². The van der Waals surface area contributed by atoms with Gasteiger partial charge in [0.15, 0.2) is 5.82 Å². The van der Waals surface area contributed by atoms with Crippen molar-refractivity contribution < 1.29 is 45.3 Å². The minimum absolute atomic E-state index is 0.0341. The van der Waals surface area contributed by atoms with E-state index in [9.17, 15) is 31.4 Å². The van der Waals surface area contributed by atoms with E-state index in [1.54, 1.807) is 6.92 Å². The number of aromatic nitrogens is 3. The molecule has 0 amide bonds. The molecule has 1 aliphatic heterocycles.